The van der Waals surface area contributed by atoms with Crippen molar-refractivity contribution in [2.45, 2.75) is 19.5 Å². The second-order valence-corrected chi connectivity index (χ2v) is 4.23. The van der Waals surface area contributed by atoms with Gasteiger partial charge < -0.3 is 9.88 Å². The van der Waals surface area contributed by atoms with E-state index in [1.807, 2.05) is 18.2 Å². The summed E-state index contributed by atoms with van der Waals surface area (Å²) in [4.78, 5) is 4.26. The molecule has 1 N–H and O–H groups in total. The summed E-state index contributed by atoms with van der Waals surface area (Å²) in [7, 11) is 0. The van der Waals surface area contributed by atoms with Gasteiger partial charge in [-0.3, -0.25) is 0 Å². The molecule has 3 rings (SSSR count). The van der Waals surface area contributed by atoms with Crippen LogP contribution in [0, 0.1) is 11.3 Å². The number of fused-ring (bicyclic) bond motifs is 1. The molecular weight excluding hydrogens is 228 g/mol. The monoisotopic (exact) mass is 240 g/mol. The molecule has 0 radical (unpaired) electrons. The van der Waals surface area contributed by atoms with Gasteiger partial charge in [0.1, 0.15) is 23.3 Å². The Hall–Kier alpha value is -2.26. The highest BCUT2D eigenvalue weighted by molar-refractivity contribution is 5.51. The van der Waals surface area contributed by atoms with Crippen LogP contribution in [0.4, 0.5) is 0 Å². The van der Waals surface area contributed by atoms with Crippen LogP contribution in [0.2, 0.25) is 0 Å². The minimum atomic E-state index is 0.194. The Balaban J connectivity index is 2.10. The number of nitrogens with zero attached hydrogens (tertiary/aromatic N) is 5. The second-order valence-electron chi connectivity index (χ2n) is 4.23. The van der Waals surface area contributed by atoms with Crippen LogP contribution in [-0.4, -0.2) is 26.3 Å². The van der Waals surface area contributed by atoms with Crippen LogP contribution in [0.3, 0.4) is 0 Å². The molecule has 3 heterocycles. The van der Waals surface area contributed by atoms with E-state index in [0.717, 1.165) is 24.7 Å². The van der Waals surface area contributed by atoms with E-state index >= 15 is 0 Å². The molecule has 0 bridgehead atoms. The molecule has 1 aliphatic rings. The smallest absolute Gasteiger partial charge is 0.182 e. The topological polar surface area (TPSA) is 79.4 Å². The van der Waals surface area contributed by atoms with Gasteiger partial charge in [-0.15, -0.1) is 10.2 Å². The van der Waals surface area contributed by atoms with Gasteiger partial charge in [-0.1, -0.05) is 6.07 Å². The minimum Gasteiger partial charge on any atom is -0.307 e. The number of hydrogen-bond donors (Lipinski definition) is 1. The fraction of sp³-hybridized carbons (Fsp3) is 0.333. The highest BCUT2D eigenvalue weighted by Crippen LogP contribution is 2.22. The van der Waals surface area contributed by atoms with E-state index in [9.17, 15) is 0 Å². The lowest BCUT2D eigenvalue weighted by molar-refractivity contribution is 0.438. The van der Waals surface area contributed by atoms with E-state index in [-0.39, 0.29) is 6.04 Å². The van der Waals surface area contributed by atoms with Crippen molar-refractivity contribution in [1.29, 1.82) is 5.26 Å². The third kappa shape index (κ3) is 1.65. The molecule has 90 valence electrons. The third-order valence-electron chi connectivity index (χ3n) is 3.05. The largest absolute Gasteiger partial charge is 0.307 e. The zero-order valence-electron chi connectivity index (χ0n) is 9.96. The lowest BCUT2D eigenvalue weighted by Gasteiger charge is -2.21. The van der Waals surface area contributed by atoms with Crippen LogP contribution in [-0.2, 0) is 6.54 Å². The zero-order valence-corrected chi connectivity index (χ0v) is 9.96. The maximum atomic E-state index is 8.87. The van der Waals surface area contributed by atoms with Gasteiger partial charge in [-0.25, -0.2) is 4.98 Å². The first-order valence-electron chi connectivity index (χ1n) is 5.83. The molecule has 0 amide bonds. The molecule has 18 heavy (non-hydrogen) atoms. The van der Waals surface area contributed by atoms with Crippen molar-refractivity contribution in [3.63, 3.8) is 0 Å². The summed E-state index contributed by atoms with van der Waals surface area (Å²) in [6, 6.07) is 7.58. The van der Waals surface area contributed by atoms with E-state index in [2.05, 4.69) is 32.0 Å². The lowest BCUT2D eigenvalue weighted by atomic mass is 10.2. The Morgan fingerprint density at radius 1 is 1.44 bits per heavy atom. The highest BCUT2D eigenvalue weighted by atomic mass is 15.3. The van der Waals surface area contributed by atoms with Gasteiger partial charge in [0, 0.05) is 13.1 Å². The molecule has 2 aromatic rings. The lowest BCUT2D eigenvalue weighted by Crippen LogP contribution is -2.32. The maximum absolute atomic E-state index is 8.87. The summed E-state index contributed by atoms with van der Waals surface area (Å²) in [5, 5.41) is 20.6. The van der Waals surface area contributed by atoms with Crippen molar-refractivity contribution in [1.82, 2.24) is 25.1 Å². The van der Waals surface area contributed by atoms with Gasteiger partial charge in [-0.2, -0.15) is 5.26 Å². The third-order valence-corrected chi connectivity index (χ3v) is 3.05. The molecule has 6 heteroatoms. The van der Waals surface area contributed by atoms with Crippen molar-refractivity contribution in [2.75, 3.05) is 6.54 Å². The molecular formula is C12H12N6. The number of aromatic nitrogens is 4. The maximum Gasteiger partial charge on any atom is 0.182 e. The number of nitriles is 1. The molecule has 0 spiro atoms. The summed E-state index contributed by atoms with van der Waals surface area (Å²) >= 11 is 0. The molecule has 0 aliphatic carbocycles. The number of nitrogens with one attached hydrogen (secondary N) is 1. The highest BCUT2D eigenvalue weighted by Gasteiger charge is 2.22. The number of hydrogen-bond acceptors (Lipinski definition) is 5. The number of rotatable bonds is 1. The molecule has 0 saturated carbocycles. The Morgan fingerprint density at radius 3 is 3.17 bits per heavy atom. The fourth-order valence-electron chi connectivity index (χ4n) is 2.15. The quantitative estimate of drug-likeness (QED) is 0.800. The predicted molar refractivity (Wildman–Crippen MR) is 64.4 cm³/mol. The first-order valence-corrected chi connectivity index (χ1v) is 5.83. The molecule has 0 fully saturated rings. The van der Waals surface area contributed by atoms with E-state index in [1.54, 1.807) is 6.07 Å². The summed E-state index contributed by atoms with van der Waals surface area (Å²) in [6.07, 6.45) is 0. The van der Waals surface area contributed by atoms with Gasteiger partial charge in [0.15, 0.2) is 5.82 Å². The fourth-order valence-corrected chi connectivity index (χ4v) is 2.15. The first kappa shape index (κ1) is 10.9. The van der Waals surface area contributed by atoms with E-state index < -0.39 is 0 Å². The van der Waals surface area contributed by atoms with Crippen molar-refractivity contribution in [3.8, 4) is 17.6 Å². The van der Waals surface area contributed by atoms with Crippen LogP contribution in [0.5, 0.6) is 0 Å². The summed E-state index contributed by atoms with van der Waals surface area (Å²) in [5.74, 6) is 1.65. The van der Waals surface area contributed by atoms with Crippen molar-refractivity contribution >= 4 is 0 Å². The SMILES string of the molecule is CC1NCCn2c(-c3cccc(C#N)n3)nnc21. The average Bonchev–Trinajstić information content (AvgIpc) is 2.84. The van der Waals surface area contributed by atoms with E-state index in [0.29, 0.717) is 11.4 Å². The standard InChI is InChI=1S/C12H12N6/c1-8-11-16-17-12(18(11)6-5-14-8)10-4-2-3-9(7-13)15-10/h2-4,8,14H,5-6H2,1H3. The average molecular weight is 240 g/mol. The minimum absolute atomic E-state index is 0.194. The van der Waals surface area contributed by atoms with Crippen LogP contribution in [0.1, 0.15) is 24.5 Å². The normalized spacial score (nSPS) is 18.1. The van der Waals surface area contributed by atoms with Crippen molar-refractivity contribution in [2.24, 2.45) is 0 Å². The first-order chi connectivity index (χ1) is 8.79. The number of pyridine rings is 1. The van der Waals surface area contributed by atoms with Crippen LogP contribution in [0.25, 0.3) is 11.5 Å². The summed E-state index contributed by atoms with van der Waals surface area (Å²) in [6.45, 7) is 3.76. The molecule has 2 aromatic heterocycles. The van der Waals surface area contributed by atoms with Crippen molar-refractivity contribution < 1.29 is 0 Å². The zero-order chi connectivity index (χ0) is 12.5. The van der Waals surface area contributed by atoms with Gasteiger partial charge in [-0.05, 0) is 19.1 Å². The Kier molecular flexibility index (Phi) is 2.54. The van der Waals surface area contributed by atoms with Crippen LogP contribution in [0.15, 0.2) is 18.2 Å². The molecule has 0 saturated heterocycles. The van der Waals surface area contributed by atoms with Gasteiger partial charge in [0.2, 0.25) is 0 Å². The molecule has 6 nitrogen and oxygen atoms in total. The van der Waals surface area contributed by atoms with E-state index in [1.165, 1.54) is 0 Å². The molecule has 0 aromatic carbocycles. The molecule has 1 aliphatic heterocycles. The Labute approximate surface area is 104 Å². The Morgan fingerprint density at radius 2 is 2.33 bits per heavy atom. The molecule has 1 unspecified atom stereocenters. The van der Waals surface area contributed by atoms with Crippen molar-refractivity contribution in [3.05, 3.63) is 29.7 Å². The predicted octanol–water partition coefficient (Wildman–Crippen LogP) is 0.876. The van der Waals surface area contributed by atoms with Gasteiger partial charge >= 0.3 is 0 Å². The van der Waals surface area contributed by atoms with E-state index in [4.69, 9.17) is 5.26 Å². The summed E-state index contributed by atoms with van der Waals surface area (Å²) in [5.41, 5.74) is 1.09. The van der Waals surface area contributed by atoms with Gasteiger partial charge in [0.25, 0.3) is 0 Å². The Bertz CT molecular complexity index is 624. The van der Waals surface area contributed by atoms with Crippen LogP contribution < -0.4 is 5.32 Å². The second kappa shape index (κ2) is 4.20. The summed E-state index contributed by atoms with van der Waals surface area (Å²) < 4.78 is 2.06. The van der Waals surface area contributed by atoms with Crippen LogP contribution >= 0.6 is 0 Å². The molecule has 1 atom stereocenters. The van der Waals surface area contributed by atoms with Gasteiger partial charge in [0.05, 0.1) is 6.04 Å².